The van der Waals surface area contributed by atoms with E-state index in [1.54, 1.807) is 29.8 Å². The van der Waals surface area contributed by atoms with Gasteiger partial charge in [-0.15, -0.1) is 0 Å². The minimum Gasteiger partial charge on any atom is -0.369 e. The van der Waals surface area contributed by atoms with Crippen molar-refractivity contribution in [3.63, 3.8) is 0 Å². The molecule has 0 saturated carbocycles. The van der Waals surface area contributed by atoms with Gasteiger partial charge in [-0.3, -0.25) is 4.72 Å². The van der Waals surface area contributed by atoms with E-state index in [0.717, 1.165) is 6.42 Å². The summed E-state index contributed by atoms with van der Waals surface area (Å²) < 4.78 is 27.1. The Balaban J connectivity index is 2.29. The highest BCUT2D eigenvalue weighted by atomic mass is 32.2. The van der Waals surface area contributed by atoms with E-state index in [4.69, 9.17) is 0 Å². The second-order valence-corrected chi connectivity index (χ2v) is 6.33. The normalized spacial score (nSPS) is 11.2. The molecule has 2 rings (SSSR count). The zero-order valence-electron chi connectivity index (χ0n) is 10.5. The van der Waals surface area contributed by atoms with Gasteiger partial charge in [-0.05, 0) is 30.0 Å². The van der Waals surface area contributed by atoms with Crippen molar-refractivity contribution in [1.82, 2.24) is 4.98 Å². The molecule has 0 bridgehead atoms. The SMILES string of the molecule is CCCNc1ncccc1S(=O)(=O)Nc1ccsc1. The lowest BCUT2D eigenvalue weighted by atomic mass is 10.4. The van der Waals surface area contributed by atoms with Crippen molar-refractivity contribution in [1.29, 1.82) is 0 Å². The summed E-state index contributed by atoms with van der Waals surface area (Å²) in [5.41, 5.74) is 0.565. The fraction of sp³-hybridized carbons (Fsp3) is 0.250. The van der Waals surface area contributed by atoms with Gasteiger partial charge >= 0.3 is 0 Å². The second kappa shape index (κ2) is 6.03. The fourth-order valence-corrected chi connectivity index (χ4v) is 3.36. The molecule has 0 unspecified atom stereocenters. The van der Waals surface area contributed by atoms with Crippen molar-refractivity contribution in [3.8, 4) is 0 Å². The zero-order valence-corrected chi connectivity index (χ0v) is 12.1. The molecule has 0 aliphatic carbocycles. The van der Waals surface area contributed by atoms with Crippen molar-refractivity contribution in [3.05, 3.63) is 35.2 Å². The first-order valence-corrected chi connectivity index (χ1v) is 8.30. The number of pyridine rings is 1. The largest absolute Gasteiger partial charge is 0.369 e. The van der Waals surface area contributed by atoms with Gasteiger partial charge < -0.3 is 5.32 Å². The van der Waals surface area contributed by atoms with E-state index >= 15 is 0 Å². The van der Waals surface area contributed by atoms with E-state index in [2.05, 4.69) is 15.0 Å². The van der Waals surface area contributed by atoms with E-state index in [1.807, 2.05) is 12.3 Å². The Morgan fingerprint density at radius 2 is 2.21 bits per heavy atom. The quantitative estimate of drug-likeness (QED) is 0.860. The van der Waals surface area contributed by atoms with Crippen LogP contribution >= 0.6 is 11.3 Å². The van der Waals surface area contributed by atoms with Gasteiger partial charge in [0.25, 0.3) is 10.0 Å². The van der Waals surface area contributed by atoms with Gasteiger partial charge in [-0.25, -0.2) is 13.4 Å². The minimum absolute atomic E-state index is 0.162. The van der Waals surface area contributed by atoms with E-state index < -0.39 is 10.0 Å². The van der Waals surface area contributed by atoms with Crippen LogP contribution in [0.4, 0.5) is 11.5 Å². The van der Waals surface area contributed by atoms with Crippen LogP contribution < -0.4 is 10.0 Å². The maximum atomic E-state index is 12.3. The lowest BCUT2D eigenvalue weighted by Crippen LogP contribution is -2.16. The molecule has 5 nitrogen and oxygen atoms in total. The van der Waals surface area contributed by atoms with Crippen LogP contribution in [0.2, 0.25) is 0 Å². The van der Waals surface area contributed by atoms with Crippen molar-refractivity contribution in [2.24, 2.45) is 0 Å². The van der Waals surface area contributed by atoms with Crippen molar-refractivity contribution in [2.45, 2.75) is 18.2 Å². The molecule has 7 heteroatoms. The number of thiophene rings is 1. The molecule has 0 aliphatic heterocycles. The zero-order chi connectivity index (χ0) is 13.7. The Hall–Kier alpha value is -1.60. The smallest absolute Gasteiger partial charge is 0.265 e. The molecule has 2 aromatic heterocycles. The summed E-state index contributed by atoms with van der Waals surface area (Å²) >= 11 is 1.44. The van der Waals surface area contributed by atoms with Crippen molar-refractivity contribution < 1.29 is 8.42 Å². The van der Waals surface area contributed by atoms with Crippen LogP contribution in [0.25, 0.3) is 0 Å². The van der Waals surface area contributed by atoms with Gasteiger partial charge in [0.2, 0.25) is 0 Å². The van der Waals surface area contributed by atoms with Crippen molar-refractivity contribution in [2.75, 3.05) is 16.6 Å². The summed E-state index contributed by atoms with van der Waals surface area (Å²) in [6.07, 6.45) is 2.47. The third-order valence-electron chi connectivity index (χ3n) is 2.38. The molecule has 0 saturated heterocycles. The summed E-state index contributed by atoms with van der Waals surface area (Å²) in [6.45, 7) is 2.69. The van der Waals surface area contributed by atoms with Gasteiger partial charge in [0.05, 0.1) is 5.69 Å². The Morgan fingerprint density at radius 3 is 2.89 bits per heavy atom. The molecule has 2 heterocycles. The third kappa shape index (κ3) is 3.45. The Kier molecular flexibility index (Phi) is 4.39. The molecule has 2 N–H and O–H groups in total. The predicted octanol–water partition coefficient (Wildman–Crippen LogP) is 2.77. The monoisotopic (exact) mass is 297 g/mol. The number of aromatic nitrogens is 1. The third-order valence-corrected chi connectivity index (χ3v) is 4.47. The highest BCUT2D eigenvalue weighted by molar-refractivity contribution is 7.92. The second-order valence-electron chi connectivity index (χ2n) is 3.89. The summed E-state index contributed by atoms with van der Waals surface area (Å²) in [5, 5.41) is 6.58. The summed E-state index contributed by atoms with van der Waals surface area (Å²) in [5.74, 6) is 0.382. The van der Waals surface area contributed by atoms with Gasteiger partial charge in [0.1, 0.15) is 10.7 Å². The molecular formula is C12H15N3O2S2. The molecule has 0 radical (unpaired) electrons. The molecule has 2 aromatic rings. The van der Waals surface area contributed by atoms with Crippen LogP contribution in [-0.2, 0) is 10.0 Å². The Morgan fingerprint density at radius 1 is 1.37 bits per heavy atom. The van der Waals surface area contributed by atoms with Gasteiger partial charge in [0, 0.05) is 18.1 Å². The van der Waals surface area contributed by atoms with E-state index in [0.29, 0.717) is 18.1 Å². The number of nitrogens with one attached hydrogen (secondary N) is 2. The Bertz CT molecular complexity index is 624. The van der Waals surface area contributed by atoms with Crippen LogP contribution in [0.3, 0.4) is 0 Å². The number of hydrogen-bond donors (Lipinski definition) is 2. The standard InChI is InChI=1S/C12H15N3O2S2/c1-2-6-13-12-11(4-3-7-14-12)19(16,17)15-10-5-8-18-9-10/h3-5,7-9,15H,2,6H2,1H3,(H,13,14). The molecule has 0 aromatic carbocycles. The molecule has 0 atom stereocenters. The Labute approximate surface area is 116 Å². The average molecular weight is 297 g/mol. The van der Waals surface area contributed by atoms with Crippen LogP contribution in [0.15, 0.2) is 40.1 Å². The highest BCUT2D eigenvalue weighted by Crippen LogP contribution is 2.22. The van der Waals surface area contributed by atoms with E-state index in [9.17, 15) is 8.42 Å². The lowest BCUT2D eigenvalue weighted by molar-refractivity contribution is 0.601. The number of hydrogen-bond acceptors (Lipinski definition) is 5. The molecule has 0 fully saturated rings. The number of sulfonamides is 1. The number of anilines is 2. The average Bonchev–Trinajstić information content (AvgIpc) is 2.88. The molecule has 0 spiro atoms. The summed E-state index contributed by atoms with van der Waals surface area (Å²) in [7, 11) is -3.61. The predicted molar refractivity (Wildman–Crippen MR) is 78.1 cm³/mol. The number of nitrogens with zero attached hydrogens (tertiary/aromatic N) is 1. The fourth-order valence-electron chi connectivity index (χ4n) is 1.52. The highest BCUT2D eigenvalue weighted by Gasteiger charge is 2.19. The minimum atomic E-state index is -3.61. The van der Waals surface area contributed by atoms with Gasteiger partial charge in [-0.2, -0.15) is 11.3 Å². The molecule has 0 amide bonds. The van der Waals surface area contributed by atoms with Gasteiger partial charge in [-0.1, -0.05) is 6.92 Å². The summed E-state index contributed by atoms with van der Waals surface area (Å²) in [4.78, 5) is 4.25. The molecular weight excluding hydrogens is 282 g/mol. The van der Waals surface area contributed by atoms with Crippen LogP contribution in [0.1, 0.15) is 13.3 Å². The molecule has 0 aliphatic rings. The lowest BCUT2D eigenvalue weighted by Gasteiger charge is -2.11. The van der Waals surface area contributed by atoms with E-state index in [1.165, 1.54) is 11.3 Å². The first-order chi connectivity index (χ1) is 9.13. The van der Waals surface area contributed by atoms with E-state index in [-0.39, 0.29) is 4.90 Å². The van der Waals surface area contributed by atoms with Gasteiger partial charge in [0.15, 0.2) is 0 Å². The topological polar surface area (TPSA) is 71.1 Å². The first-order valence-electron chi connectivity index (χ1n) is 5.87. The molecule has 19 heavy (non-hydrogen) atoms. The summed E-state index contributed by atoms with van der Waals surface area (Å²) in [6, 6.07) is 4.87. The van der Waals surface area contributed by atoms with Crippen molar-refractivity contribution >= 4 is 32.9 Å². The van der Waals surface area contributed by atoms with Crippen LogP contribution in [0, 0.1) is 0 Å². The molecule has 102 valence electrons. The maximum Gasteiger partial charge on any atom is 0.265 e. The first kappa shape index (κ1) is 13.8. The number of rotatable bonds is 6. The van der Waals surface area contributed by atoms with Crippen LogP contribution in [-0.4, -0.2) is 19.9 Å². The van der Waals surface area contributed by atoms with Crippen LogP contribution in [0.5, 0.6) is 0 Å². The maximum absolute atomic E-state index is 12.3.